The Hall–Kier alpha value is -1.42. The molecule has 0 N–H and O–H groups in total. The predicted octanol–water partition coefficient (Wildman–Crippen LogP) is 2.23. The summed E-state index contributed by atoms with van der Waals surface area (Å²) < 4.78 is 37.7. The number of nitrogens with zero attached hydrogens (tertiary/aromatic N) is 5. The van der Waals surface area contributed by atoms with Crippen molar-refractivity contribution in [2.75, 3.05) is 37.6 Å². The molecule has 0 aromatic carbocycles. The van der Waals surface area contributed by atoms with E-state index in [0.717, 1.165) is 38.2 Å². The zero-order valence-electron chi connectivity index (χ0n) is 12.7. The van der Waals surface area contributed by atoms with Crippen LogP contribution in [0.2, 0.25) is 0 Å². The molecule has 0 radical (unpaired) electrons. The van der Waals surface area contributed by atoms with Crippen molar-refractivity contribution in [1.82, 2.24) is 15.1 Å². The molecule has 1 atom stereocenters. The van der Waals surface area contributed by atoms with Crippen molar-refractivity contribution in [1.29, 1.82) is 0 Å². The summed E-state index contributed by atoms with van der Waals surface area (Å²) in [7, 11) is 0. The van der Waals surface area contributed by atoms with E-state index in [0.29, 0.717) is 29.6 Å². The second kappa shape index (κ2) is 6.60. The highest BCUT2D eigenvalue weighted by Crippen LogP contribution is 2.34. The third-order valence-electron chi connectivity index (χ3n) is 3.96. The van der Waals surface area contributed by atoms with Crippen molar-refractivity contribution in [2.24, 2.45) is 5.16 Å². The number of oxime groups is 1. The number of hydrogen-bond donors (Lipinski definition) is 0. The lowest BCUT2D eigenvalue weighted by atomic mass is 10.1. The van der Waals surface area contributed by atoms with Gasteiger partial charge in [0, 0.05) is 39.1 Å². The van der Waals surface area contributed by atoms with E-state index in [1.165, 1.54) is 0 Å². The molecule has 1 saturated heterocycles. The van der Waals surface area contributed by atoms with Crippen LogP contribution < -0.4 is 4.90 Å². The van der Waals surface area contributed by atoms with Gasteiger partial charge in [-0.15, -0.1) is 10.2 Å². The average molecular weight is 349 g/mol. The van der Waals surface area contributed by atoms with Crippen molar-refractivity contribution in [3.8, 4) is 0 Å². The van der Waals surface area contributed by atoms with Gasteiger partial charge < -0.3 is 9.74 Å². The molecular weight excluding hydrogens is 331 g/mol. The zero-order valence-corrected chi connectivity index (χ0v) is 13.5. The highest BCUT2D eigenvalue weighted by molar-refractivity contribution is 7.15. The highest BCUT2D eigenvalue weighted by Gasteiger charge is 2.36. The Balaban J connectivity index is 1.48. The van der Waals surface area contributed by atoms with Crippen molar-refractivity contribution in [3.05, 3.63) is 5.01 Å². The van der Waals surface area contributed by atoms with Gasteiger partial charge in [0.05, 0.1) is 5.71 Å². The molecule has 0 saturated carbocycles. The van der Waals surface area contributed by atoms with E-state index in [1.807, 2.05) is 4.90 Å². The van der Waals surface area contributed by atoms with Crippen LogP contribution in [0.3, 0.4) is 0 Å². The molecule has 0 bridgehead atoms. The van der Waals surface area contributed by atoms with Crippen LogP contribution >= 0.6 is 11.3 Å². The fraction of sp³-hybridized carbons (Fsp3) is 0.769. The first-order valence-corrected chi connectivity index (χ1v) is 8.37. The van der Waals surface area contributed by atoms with E-state index >= 15 is 0 Å². The molecule has 2 aliphatic heterocycles. The molecule has 6 nitrogen and oxygen atoms in total. The molecule has 10 heteroatoms. The third-order valence-corrected chi connectivity index (χ3v) is 4.99. The van der Waals surface area contributed by atoms with Gasteiger partial charge in [-0.1, -0.05) is 23.4 Å². The van der Waals surface area contributed by atoms with Crippen LogP contribution in [0, 0.1) is 0 Å². The van der Waals surface area contributed by atoms with Gasteiger partial charge in [0.2, 0.25) is 10.1 Å². The van der Waals surface area contributed by atoms with Crippen LogP contribution in [0.1, 0.15) is 24.8 Å². The number of anilines is 1. The van der Waals surface area contributed by atoms with E-state index in [4.69, 9.17) is 4.84 Å². The maximum Gasteiger partial charge on any atom is 0.445 e. The monoisotopic (exact) mass is 349 g/mol. The quantitative estimate of drug-likeness (QED) is 0.834. The first-order chi connectivity index (χ1) is 11.0. The first kappa shape index (κ1) is 16.4. The van der Waals surface area contributed by atoms with Gasteiger partial charge >= 0.3 is 6.18 Å². The lowest BCUT2D eigenvalue weighted by molar-refractivity contribution is -0.138. The number of hydrogen-bond acceptors (Lipinski definition) is 7. The summed E-state index contributed by atoms with van der Waals surface area (Å²) in [6.07, 6.45) is -2.56. The van der Waals surface area contributed by atoms with E-state index in [2.05, 4.69) is 27.2 Å². The Bertz CT molecular complexity index is 568. The molecule has 0 amide bonds. The molecular formula is C13H18F3N5OS. The Morgan fingerprint density at radius 1 is 1.22 bits per heavy atom. The predicted molar refractivity (Wildman–Crippen MR) is 80.8 cm³/mol. The second-order valence-electron chi connectivity index (χ2n) is 5.62. The van der Waals surface area contributed by atoms with Crippen molar-refractivity contribution in [3.63, 3.8) is 0 Å². The minimum Gasteiger partial charge on any atom is -0.391 e. The molecule has 3 heterocycles. The van der Waals surface area contributed by atoms with Gasteiger partial charge in [0.15, 0.2) is 0 Å². The second-order valence-corrected chi connectivity index (χ2v) is 6.57. The lowest BCUT2D eigenvalue weighted by Gasteiger charge is -2.34. The SMILES string of the molecule is CCC1=NO[C@H](CN2CCN(c3nnc(C(F)(F)F)s3)CC2)C1. The average Bonchev–Trinajstić information content (AvgIpc) is 3.16. The standard InChI is InChI=1S/C13H18F3N5OS/c1-2-9-7-10(22-19-9)8-20-3-5-21(6-4-20)12-18-17-11(23-12)13(14,15)16/h10H,2-8H2,1H3/t10-/m0/s1. The molecule has 0 spiro atoms. The minimum atomic E-state index is -4.42. The van der Waals surface area contributed by atoms with Gasteiger partial charge in [0.25, 0.3) is 0 Å². The first-order valence-electron chi connectivity index (χ1n) is 7.55. The van der Waals surface area contributed by atoms with Crippen molar-refractivity contribution < 1.29 is 18.0 Å². The van der Waals surface area contributed by atoms with Crippen LogP contribution in [0.25, 0.3) is 0 Å². The highest BCUT2D eigenvalue weighted by atomic mass is 32.1. The summed E-state index contributed by atoms with van der Waals surface area (Å²) in [5.74, 6) is 0. The van der Waals surface area contributed by atoms with Gasteiger partial charge in [-0.25, -0.2) is 0 Å². The summed E-state index contributed by atoms with van der Waals surface area (Å²) in [6.45, 7) is 5.66. The van der Waals surface area contributed by atoms with Crippen molar-refractivity contribution >= 4 is 22.2 Å². The van der Waals surface area contributed by atoms with E-state index < -0.39 is 11.2 Å². The van der Waals surface area contributed by atoms with E-state index in [-0.39, 0.29) is 6.10 Å². The normalized spacial score (nSPS) is 23.0. The fourth-order valence-electron chi connectivity index (χ4n) is 2.66. The lowest BCUT2D eigenvalue weighted by Crippen LogP contribution is -2.48. The Kier molecular flexibility index (Phi) is 4.72. The molecule has 1 aromatic heterocycles. The smallest absolute Gasteiger partial charge is 0.391 e. The topological polar surface area (TPSA) is 53.9 Å². The van der Waals surface area contributed by atoms with Crippen LogP contribution in [-0.4, -0.2) is 59.6 Å². The minimum absolute atomic E-state index is 0.0925. The molecule has 128 valence electrons. The molecule has 1 fully saturated rings. The summed E-state index contributed by atoms with van der Waals surface area (Å²) >= 11 is 0.601. The zero-order chi connectivity index (χ0) is 16.4. The van der Waals surface area contributed by atoms with Gasteiger partial charge in [-0.05, 0) is 6.42 Å². The van der Waals surface area contributed by atoms with Gasteiger partial charge in [-0.3, -0.25) is 4.90 Å². The van der Waals surface area contributed by atoms with Crippen LogP contribution in [-0.2, 0) is 11.0 Å². The number of halogens is 3. The number of alkyl halides is 3. The van der Waals surface area contributed by atoms with E-state index in [9.17, 15) is 13.2 Å². The molecule has 2 aliphatic rings. The van der Waals surface area contributed by atoms with Gasteiger partial charge in [0.1, 0.15) is 6.10 Å². The Morgan fingerprint density at radius 3 is 2.52 bits per heavy atom. The summed E-state index contributed by atoms with van der Waals surface area (Å²) in [4.78, 5) is 9.50. The van der Waals surface area contributed by atoms with Gasteiger partial charge in [-0.2, -0.15) is 13.2 Å². The number of piperazine rings is 1. The number of rotatable bonds is 4. The maximum absolute atomic E-state index is 12.6. The molecule has 3 rings (SSSR count). The largest absolute Gasteiger partial charge is 0.445 e. The molecule has 1 aromatic rings. The Morgan fingerprint density at radius 2 is 1.96 bits per heavy atom. The summed E-state index contributed by atoms with van der Waals surface area (Å²) in [5, 5.41) is 10.4. The summed E-state index contributed by atoms with van der Waals surface area (Å²) in [6, 6.07) is 0. The number of aromatic nitrogens is 2. The molecule has 23 heavy (non-hydrogen) atoms. The summed E-state index contributed by atoms with van der Waals surface area (Å²) in [5.41, 5.74) is 1.09. The van der Waals surface area contributed by atoms with Crippen LogP contribution in [0.4, 0.5) is 18.3 Å². The fourth-order valence-corrected chi connectivity index (χ4v) is 3.42. The van der Waals surface area contributed by atoms with Crippen LogP contribution in [0.15, 0.2) is 5.16 Å². The Labute approximate surface area is 135 Å². The van der Waals surface area contributed by atoms with E-state index in [1.54, 1.807) is 0 Å². The van der Waals surface area contributed by atoms with Crippen LogP contribution in [0.5, 0.6) is 0 Å². The van der Waals surface area contributed by atoms with Crippen molar-refractivity contribution in [2.45, 2.75) is 32.0 Å². The third kappa shape index (κ3) is 3.92. The maximum atomic E-state index is 12.6. The molecule has 0 unspecified atom stereocenters. The molecule has 0 aliphatic carbocycles.